The lowest BCUT2D eigenvalue weighted by Crippen LogP contribution is -2.57. The average molecular weight is 406 g/mol. The second-order valence-corrected chi connectivity index (χ2v) is 6.65. The summed E-state index contributed by atoms with van der Waals surface area (Å²) in [5.74, 6) is -0.481. The summed E-state index contributed by atoms with van der Waals surface area (Å²) in [5, 5.41) is 2.71. The molecular weight excluding hydrogens is 376 g/mol. The molecule has 0 aromatic heterocycles. The fourth-order valence-electron chi connectivity index (χ4n) is 2.93. The minimum Gasteiger partial charge on any atom is -0.491 e. The van der Waals surface area contributed by atoms with Crippen molar-refractivity contribution >= 4 is 17.8 Å². The van der Waals surface area contributed by atoms with E-state index in [1.807, 2.05) is 13.8 Å². The molecule has 1 heterocycles. The number of unbranched alkanes of at least 4 members (excludes halogenated alkanes) is 1. The van der Waals surface area contributed by atoms with Crippen molar-refractivity contribution in [3.8, 4) is 5.75 Å². The van der Waals surface area contributed by atoms with Gasteiger partial charge in [-0.25, -0.2) is 0 Å². The molecule has 29 heavy (non-hydrogen) atoms. The topological polar surface area (TPSA) is 94.2 Å². The Morgan fingerprint density at radius 2 is 1.90 bits per heavy atom. The minimum atomic E-state index is -0.868. The van der Waals surface area contributed by atoms with Gasteiger partial charge in [-0.2, -0.15) is 0 Å². The molecule has 1 atom stereocenters. The van der Waals surface area contributed by atoms with Crippen LogP contribution in [0.2, 0.25) is 0 Å². The minimum absolute atomic E-state index is 0.153. The summed E-state index contributed by atoms with van der Waals surface area (Å²) in [6.45, 7) is 6.48. The largest absolute Gasteiger partial charge is 0.491 e. The van der Waals surface area contributed by atoms with Crippen molar-refractivity contribution in [2.45, 2.75) is 39.2 Å². The number of amides is 2. The fraction of sp³-hybridized carbons (Fsp3) is 0.571. The first-order chi connectivity index (χ1) is 14.1. The Bertz CT molecular complexity index is 676. The predicted octanol–water partition coefficient (Wildman–Crippen LogP) is 1.78. The number of carbonyl (C=O) groups is 3. The summed E-state index contributed by atoms with van der Waals surface area (Å²) in [7, 11) is 0. The fourth-order valence-corrected chi connectivity index (χ4v) is 2.93. The Kier molecular flexibility index (Phi) is 9.43. The number of nitrogens with one attached hydrogen (secondary N) is 1. The van der Waals surface area contributed by atoms with Gasteiger partial charge in [0.05, 0.1) is 19.6 Å². The summed E-state index contributed by atoms with van der Waals surface area (Å²) < 4.78 is 15.9. The van der Waals surface area contributed by atoms with Crippen molar-refractivity contribution in [3.05, 3.63) is 29.8 Å². The van der Waals surface area contributed by atoms with Crippen LogP contribution < -0.4 is 10.1 Å². The molecular formula is C21H30N2O6. The molecule has 160 valence electrons. The van der Waals surface area contributed by atoms with Crippen molar-refractivity contribution < 1.29 is 28.6 Å². The molecule has 1 aliphatic rings. The molecule has 0 bridgehead atoms. The van der Waals surface area contributed by atoms with Gasteiger partial charge >= 0.3 is 5.97 Å². The number of hydrogen-bond acceptors (Lipinski definition) is 6. The van der Waals surface area contributed by atoms with E-state index in [-0.39, 0.29) is 18.2 Å². The van der Waals surface area contributed by atoms with Gasteiger partial charge in [0.15, 0.2) is 0 Å². The lowest BCUT2D eigenvalue weighted by atomic mass is 10.1. The first-order valence-corrected chi connectivity index (χ1v) is 10.1. The molecule has 1 aromatic rings. The zero-order valence-corrected chi connectivity index (χ0v) is 17.1. The Hall–Kier alpha value is -2.61. The monoisotopic (exact) mass is 406 g/mol. The molecule has 0 spiro atoms. The highest BCUT2D eigenvalue weighted by Gasteiger charge is 2.35. The van der Waals surface area contributed by atoms with Gasteiger partial charge in [-0.1, -0.05) is 13.3 Å². The number of rotatable bonds is 11. The van der Waals surface area contributed by atoms with E-state index < -0.39 is 12.0 Å². The molecule has 0 radical (unpaired) electrons. The number of hydrogen-bond donors (Lipinski definition) is 1. The maximum Gasteiger partial charge on any atom is 0.308 e. The van der Waals surface area contributed by atoms with E-state index in [0.29, 0.717) is 50.8 Å². The Morgan fingerprint density at radius 1 is 1.14 bits per heavy atom. The summed E-state index contributed by atoms with van der Waals surface area (Å²) >= 11 is 0. The highest BCUT2D eigenvalue weighted by molar-refractivity contribution is 5.99. The maximum atomic E-state index is 12.9. The zero-order chi connectivity index (χ0) is 21.1. The third kappa shape index (κ3) is 7.05. The van der Waals surface area contributed by atoms with Crippen LogP contribution in [-0.4, -0.2) is 68.2 Å². The summed E-state index contributed by atoms with van der Waals surface area (Å²) in [6, 6.07) is 5.85. The Labute approximate surface area is 171 Å². The highest BCUT2D eigenvalue weighted by Crippen LogP contribution is 2.18. The van der Waals surface area contributed by atoms with Crippen molar-refractivity contribution in [2.75, 3.05) is 39.5 Å². The van der Waals surface area contributed by atoms with Crippen LogP contribution >= 0.6 is 0 Å². The summed E-state index contributed by atoms with van der Waals surface area (Å²) in [6.07, 6.45) is 1.53. The van der Waals surface area contributed by atoms with Crippen LogP contribution in [0.1, 0.15) is 43.5 Å². The number of ether oxygens (including phenoxy) is 3. The van der Waals surface area contributed by atoms with Gasteiger partial charge in [0.25, 0.3) is 5.91 Å². The van der Waals surface area contributed by atoms with E-state index in [1.54, 1.807) is 24.3 Å². The Balaban J connectivity index is 1.98. The normalized spacial score (nSPS) is 16.3. The van der Waals surface area contributed by atoms with Gasteiger partial charge in [0.1, 0.15) is 18.4 Å². The number of carbonyl (C=O) groups excluding carboxylic acids is 3. The molecule has 1 aromatic carbocycles. The number of benzene rings is 1. The standard InChI is InChI=1S/C21H30N2O6/c1-3-5-12-29-19(24)15-18-20(25)22-10-11-23(18)21(26)16-6-8-17(9-7-16)28-14-13-27-4-2/h6-9,18H,3-5,10-15H2,1-2H3,(H,22,25). The number of nitrogens with zero attached hydrogens (tertiary/aromatic N) is 1. The lowest BCUT2D eigenvalue weighted by molar-refractivity contribution is -0.147. The van der Waals surface area contributed by atoms with Crippen molar-refractivity contribution in [1.82, 2.24) is 10.2 Å². The number of piperazine rings is 1. The van der Waals surface area contributed by atoms with Crippen LogP contribution in [-0.2, 0) is 19.1 Å². The molecule has 1 unspecified atom stereocenters. The molecule has 1 N–H and O–H groups in total. The van der Waals surface area contributed by atoms with E-state index in [1.165, 1.54) is 4.90 Å². The summed E-state index contributed by atoms with van der Waals surface area (Å²) in [5.41, 5.74) is 0.432. The maximum absolute atomic E-state index is 12.9. The molecule has 8 heteroatoms. The van der Waals surface area contributed by atoms with Gasteiger partial charge in [-0.3, -0.25) is 14.4 Å². The molecule has 2 rings (SSSR count). The van der Waals surface area contributed by atoms with E-state index in [4.69, 9.17) is 14.2 Å². The van der Waals surface area contributed by atoms with Crippen molar-refractivity contribution in [2.24, 2.45) is 0 Å². The van der Waals surface area contributed by atoms with Crippen LogP contribution in [0.25, 0.3) is 0 Å². The van der Waals surface area contributed by atoms with Gasteiger partial charge in [-0.15, -0.1) is 0 Å². The molecule has 0 saturated carbocycles. The molecule has 1 aliphatic heterocycles. The molecule has 1 fully saturated rings. The third-order valence-electron chi connectivity index (χ3n) is 4.51. The predicted molar refractivity (Wildman–Crippen MR) is 107 cm³/mol. The molecule has 0 aliphatic carbocycles. The lowest BCUT2D eigenvalue weighted by Gasteiger charge is -2.34. The number of esters is 1. The first-order valence-electron chi connectivity index (χ1n) is 10.1. The van der Waals surface area contributed by atoms with Gasteiger partial charge < -0.3 is 24.4 Å². The molecule has 8 nitrogen and oxygen atoms in total. The third-order valence-corrected chi connectivity index (χ3v) is 4.51. The SMILES string of the molecule is CCCCOC(=O)CC1C(=O)NCCN1C(=O)c1ccc(OCCOCC)cc1. The average Bonchev–Trinajstić information content (AvgIpc) is 2.73. The quantitative estimate of drug-likeness (QED) is 0.445. The van der Waals surface area contributed by atoms with Crippen molar-refractivity contribution in [1.29, 1.82) is 0 Å². The summed E-state index contributed by atoms with van der Waals surface area (Å²) in [4.78, 5) is 38.7. The van der Waals surface area contributed by atoms with Crippen LogP contribution in [0, 0.1) is 0 Å². The van der Waals surface area contributed by atoms with E-state index >= 15 is 0 Å². The van der Waals surface area contributed by atoms with Crippen molar-refractivity contribution in [3.63, 3.8) is 0 Å². The van der Waals surface area contributed by atoms with E-state index in [2.05, 4.69) is 5.32 Å². The van der Waals surface area contributed by atoms with Crippen LogP contribution in [0.5, 0.6) is 5.75 Å². The van der Waals surface area contributed by atoms with Crippen LogP contribution in [0.15, 0.2) is 24.3 Å². The Morgan fingerprint density at radius 3 is 2.59 bits per heavy atom. The van der Waals surface area contributed by atoms with Gasteiger partial charge in [-0.05, 0) is 37.6 Å². The van der Waals surface area contributed by atoms with Gasteiger partial charge in [0.2, 0.25) is 5.91 Å². The van der Waals surface area contributed by atoms with E-state index in [0.717, 1.165) is 12.8 Å². The van der Waals surface area contributed by atoms with E-state index in [9.17, 15) is 14.4 Å². The molecule has 1 saturated heterocycles. The van der Waals surface area contributed by atoms with Crippen LogP contribution in [0.4, 0.5) is 0 Å². The van der Waals surface area contributed by atoms with Crippen LogP contribution in [0.3, 0.4) is 0 Å². The second-order valence-electron chi connectivity index (χ2n) is 6.65. The smallest absolute Gasteiger partial charge is 0.308 e. The van der Waals surface area contributed by atoms with Gasteiger partial charge in [0, 0.05) is 25.3 Å². The highest BCUT2D eigenvalue weighted by atomic mass is 16.5. The second kappa shape index (κ2) is 12.1. The first kappa shape index (κ1) is 22.7. The zero-order valence-electron chi connectivity index (χ0n) is 17.1. The molecule has 2 amide bonds.